The molecule has 0 aliphatic rings. The van der Waals surface area contributed by atoms with E-state index in [0.29, 0.717) is 21.0 Å². The molecule has 0 atom stereocenters. The highest BCUT2D eigenvalue weighted by Gasteiger charge is 2.11. The molecule has 8 heteroatoms. The molecule has 1 aromatic carbocycles. The molecule has 3 heterocycles. The number of fused-ring (bicyclic) bond motifs is 1. The number of benzene rings is 1. The van der Waals surface area contributed by atoms with Gasteiger partial charge in [-0.25, -0.2) is 9.78 Å². The van der Waals surface area contributed by atoms with E-state index in [0.717, 1.165) is 16.8 Å². The molecule has 0 aliphatic carbocycles. The smallest absolute Gasteiger partial charge is 0.384 e. The van der Waals surface area contributed by atoms with Crippen LogP contribution in [0, 0.1) is 0 Å². The van der Waals surface area contributed by atoms with E-state index in [1.807, 2.05) is 30.3 Å². The fraction of sp³-hybridized carbons (Fsp3) is 0. The molecular weight excluding hydrogens is 354 g/mol. The van der Waals surface area contributed by atoms with Gasteiger partial charge >= 0.3 is 5.69 Å². The lowest BCUT2D eigenvalue weighted by atomic mass is 10.1. The van der Waals surface area contributed by atoms with Crippen LogP contribution in [0.5, 0.6) is 0 Å². The normalized spacial score (nSPS) is 10.8. The van der Waals surface area contributed by atoms with E-state index >= 15 is 0 Å². The van der Waals surface area contributed by atoms with Gasteiger partial charge in [-0.3, -0.25) is 4.98 Å². The molecule has 0 bridgehead atoms. The molecule has 0 unspecified atom stereocenters. The van der Waals surface area contributed by atoms with Crippen molar-refractivity contribution < 1.29 is 5.21 Å². The van der Waals surface area contributed by atoms with Crippen LogP contribution in [0.1, 0.15) is 0 Å². The highest BCUT2D eigenvalue weighted by molar-refractivity contribution is 6.30. The Kier molecular flexibility index (Phi) is 3.98. The average molecular weight is 366 g/mol. The second kappa shape index (κ2) is 6.45. The summed E-state index contributed by atoms with van der Waals surface area (Å²) >= 11 is 6.01. The summed E-state index contributed by atoms with van der Waals surface area (Å²) in [7, 11) is 0. The van der Waals surface area contributed by atoms with Gasteiger partial charge < -0.3 is 10.5 Å². The summed E-state index contributed by atoms with van der Waals surface area (Å²) in [5.74, 6) is 0.310. The molecule has 0 saturated carbocycles. The van der Waals surface area contributed by atoms with Crippen LogP contribution in [-0.4, -0.2) is 24.9 Å². The SMILES string of the molecule is O=c1nc(Nc2cccc(-c3cncc(Cl)c3)c2)c2cccnc2n1O. The number of anilines is 2. The van der Waals surface area contributed by atoms with Crippen molar-refractivity contribution in [3.63, 3.8) is 0 Å². The van der Waals surface area contributed by atoms with Gasteiger partial charge in [0.1, 0.15) is 5.82 Å². The first-order valence-electron chi connectivity index (χ1n) is 7.67. The third kappa shape index (κ3) is 2.96. The zero-order chi connectivity index (χ0) is 18.1. The molecule has 0 saturated heterocycles. The predicted molar refractivity (Wildman–Crippen MR) is 98.9 cm³/mol. The molecule has 128 valence electrons. The van der Waals surface area contributed by atoms with Crippen molar-refractivity contribution in [3.05, 3.63) is 76.6 Å². The number of rotatable bonds is 3. The van der Waals surface area contributed by atoms with Crippen molar-refractivity contribution in [2.24, 2.45) is 0 Å². The van der Waals surface area contributed by atoms with Crippen LogP contribution >= 0.6 is 11.6 Å². The van der Waals surface area contributed by atoms with Crippen molar-refractivity contribution >= 4 is 34.1 Å². The average Bonchev–Trinajstić information content (AvgIpc) is 2.66. The number of halogens is 1. The van der Waals surface area contributed by atoms with Crippen LogP contribution < -0.4 is 11.0 Å². The van der Waals surface area contributed by atoms with Crippen LogP contribution in [0.2, 0.25) is 5.02 Å². The maximum atomic E-state index is 11.9. The lowest BCUT2D eigenvalue weighted by Gasteiger charge is -2.10. The van der Waals surface area contributed by atoms with Crippen LogP contribution in [0.4, 0.5) is 11.5 Å². The molecule has 0 radical (unpaired) electrons. The highest BCUT2D eigenvalue weighted by atomic mass is 35.5. The third-order valence-corrected chi connectivity index (χ3v) is 4.00. The van der Waals surface area contributed by atoms with E-state index in [2.05, 4.69) is 20.3 Å². The van der Waals surface area contributed by atoms with E-state index in [1.165, 1.54) is 6.20 Å². The topological polar surface area (TPSA) is 92.9 Å². The first-order chi connectivity index (χ1) is 12.6. The van der Waals surface area contributed by atoms with Gasteiger partial charge in [0.15, 0.2) is 5.65 Å². The van der Waals surface area contributed by atoms with Crippen molar-refractivity contribution in [2.45, 2.75) is 0 Å². The molecule has 2 N–H and O–H groups in total. The van der Waals surface area contributed by atoms with Crippen molar-refractivity contribution in [2.75, 3.05) is 5.32 Å². The first-order valence-corrected chi connectivity index (χ1v) is 8.05. The molecule has 3 aromatic heterocycles. The molecule has 4 aromatic rings. The Labute approximate surface area is 152 Å². The Morgan fingerprint density at radius 3 is 2.81 bits per heavy atom. The van der Waals surface area contributed by atoms with Gasteiger partial charge in [0, 0.05) is 29.8 Å². The number of hydrogen-bond donors (Lipinski definition) is 2. The summed E-state index contributed by atoms with van der Waals surface area (Å²) in [5, 5.41) is 14.0. The molecule has 4 rings (SSSR count). The van der Waals surface area contributed by atoms with E-state index < -0.39 is 5.69 Å². The van der Waals surface area contributed by atoms with Gasteiger partial charge in [-0.05, 0) is 35.9 Å². The maximum absolute atomic E-state index is 11.9. The van der Waals surface area contributed by atoms with E-state index in [-0.39, 0.29) is 5.65 Å². The second-order valence-corrected chi connectivity index (χ2v) is 5.96. The van der Waals surface area contributed by atoms with Gasteiger partial charge in [-0.15, -0.1) is 4.73 Å². The molecule has 0 amide bonds. The first kappa shape index (κ1) is 16.0. The molecule has 7 nitrogen and oxygen atoms in total. The monoisotopic (exact) mass is 365 g/mol. The lowest BCUT2D eigenvalue weighted by molar-refractivity contribution is 0.182. The van der Waals surface area contributed by atoms with Crippen molar-refractivity contribution in [1.82, 2.24) is 19.7 Å². The number of nitrogens with one attached hydrogen (secondary N) is 1. The minimum Gasteiger partial charge on any atom is -0.422 e. The molecule has 26 heavy (non-hydrogen) atoms. The zero-order valence-electron chi connectivity index (χ0n) is 13.3. The Morgan fingerprint density at radius 2 is 1.96 bits per heavy atom. The summed E-state index contributed by atoms with van der Waals surface area (Å²) < 4.78 is 0.425. The van der Waals surface area contributed by atoms with Crippen LogP contribution in [0.25, 0.3) is 22.2 Å². The minimum absolute atomic E-state index is 0.130. The lowest BCUT2D eigenvalue weighted by Crippen LogP contribution is -2.23. The second-order valence-electron chi connectivity index (χ2n) is 5.53. The molecule has 0 spiro atoms. The standard InChI is InChI=1S/C18H12ClN5O2/c19-13-7-12(9-20-10-13)11-3-1-4-14(8-11)22-16-15-5-2-6-21-17(15)24(26)18(25)23-16/h1-10,26H,(H,22,23,25). The highest BCUT2D eigenvalue weighted by Crippen LogP contribution is 2.27. The van der Waals surface area contributed by atoms with Crippen molar-refractivity contribution in [1.29, 1.82) is 0 Å². The summed E-state index contributed by atoms with van der Waals surface area (Å²) in [6, 6.07) is 12.8. The maximum Gasteiger partial charge on any atom is 0.384 e. The van der Waals surface area contributed by atoms with Gasteiger partial charge in [0.2, 0.25) is 0 Å². The van der Waals surface area contributed by atoms with Crippen LogP contribution in [0.15, 0.2) is 65.8 Å². The number of aromatic nitrogens is 4. The van der Waals surface area contributed by atoms with E-state index in [9.17, 15) is 10.0 Å². The molecular formula is C18H12ClN5O2. The fourth-order valence-corrected chi connectivity index (χ4v) is 2.80. The molecule has 0 aliphatic heterocycles. The van der Waals surface area contributed by atoms with Gasteiger partial charge in [-0.2, -0.15) is 4.98 Å². The number of nitrogens with zero attached hydrogens (tertiary/aromatic N) is 4. The van der Waals surface area contributed by atoms with Crippen LogP contribution in [0.3, 0.4) is 0 Å². The Bertz CT molecular complexity index is 1180. The summed E-state index contributed by atoms with van der Waals surface area (Å²) in [6.07, 6.45) is 4.78. The minimum atomic E-state index is -0.811. The number of hydrogen-bond acceptors (Lipinski definition) is 6. The Hall–Kier alpha value is -3.45. The summed E-state index contributed by atoms with van der Waals surface area (Å²) in [5.41, 5.74) is 1.81. The van der Waals surface area contributed by atoms with Crippen LogP contribution in [-0.2, 0) is 0 Å². The van der Waals surface area contributed by atoms with Gasteiger partial charge in [-0.1, -0.05) is 23.7 Å². The Balaban J connectivity index is 1.77. The zero-order valence-corrected chi connectivity index (χ0v) is 14.1. The van der Waals surface area contributed by atoms with E-state index in [4.69, 9.17) is 11.6 Å². The van der Waals surface area contributed by atoms with Gasteiger partial charge in [0.05, 0.1) is 10.4 Å². The largest absolute Gasteiger partial charge is 0.422 e. The third-order valence-electron chi connectivity index (χ3n) is 3.79. The quantitative estimate of drug-likeness (QED) is 0.540. The van der Waals surface area contributed by atoms with E-state index in [1.54, 1.807) is 24.5 Å². The summed E-state index contributed by atoms with van der Waals surface area (Å²) in [6.45, 7) is 0. The summed E-state index contributed by atoms with van der Waals surface area (Å²) in [4.78, 5) is 23.9. The predicted octanol–water partition coefficient (Wildman–Crippen LogP) is 3.49. The van der Waals surface area contributed by atoms with Gasteiger partial charge in [0.25, 0.3) is 0 Å². The number of pyridine rings is 2. The fourth-order valence-electron chi connectivity index (χ4n) is 2.62. The van der Waals surface area contributed by atoms with Crippen molar-refractivity contribution in [3.8, 4) is 11.1 Å². The molecule has 0 fully saturated rings. The Morgan fingerprint density at radius 1 is 1.08 bits per heavy atom.